The zero-order valence-electron chi connectivity index (χ0n) is 13.0. The van der Waals surface area contributed by atoms with Gasteiger partial charge in [0.2, 0.25) is 0 Å². The van der Waals surface area contributed by atoms with E-state index in [-0.39, 0.29) is 17.5 Å². The van der Waals surface area contributed by atoms with Crippen LogP contribution in [0.3, 0.4) is 0 Å². The van der Waals surface area contributed by atoms with Crippen molar-refractivity contribution in [1.29, 1.82) is 0 Å². The molecule has 2 heterocycles. The van der Waals surface area contributed by atoms with Crippen LogP contribution in [0.5, 0.6) is 5.75 Å². The lowest BCUT2D eigenvalue weighted by atomic mass is 9.94. The van der Waals surface area contributed by atoms with Gasteiger partial charge in [-0.2, -0.15) is 0 Å². The van der Waals surface area contributed by atoms with Gasteiger partial charge in [-0.15, -0.1) is 0 Å². The van der Waals surface area contributed by atoms with Crippen LogP contribution in [0.4, 0.5) is 0 Å². The highest BCUT2D eigenvalue weighted by Crippen LogP contribution is 2.26. The van der Waals surface area contributed by atoms with Gasteiger partial charge in [0.15, 0.2) is 0 Å². The molecule has 1 aromatic carbocycles. The predicted molar refractivity (Wildman–Crippen MR) is 85.7 cm³/mol. The van der Waals surface area contributed by atoms with Gasteiger partial charge in [-0.1, -0.05) is 0 Å². The zero-order valence-corrected chi connectivity index (χ0v) is 13.0. The summed E-state index contributed by atoms with van der Waals surface area (Å²) in [5.41, 5.74) is 1.15. The summed E-state index contributed by atoms with van der Waals surface area (Å²) in [6.07, 6.45) is 3.38. The predicted octanol–water partition coefficient (Wildman–Crippen LogP) is 1.80. The Kier molecular flexibility index (Phi) is 4.41. The standard InChI is InChI=1S/C17H19N3O3/c1-23-14-6-4-12(5-7-14)16(21)20-10-2-3-13(11-20)15-8-9-18-17(22)19-15/h4-9,13H,2-3,10-11H2,1H3,(H,18,19,22). The van der Waals surface area contributed by atoms with Crippen molar-refractivity contribution in [3.8, 4) is 5.75 Å². The lowest BCUT2D eigenvalue weighted by molar-refractivity contribution is 0.0706. The van der Waals surface area contributed by atoms with E-state index in [1.807, 2.05) is 11.0 Å². The number of nitrogens with one attached hydrogen (secondary N) is 1. The van der Waals surface area contributed by atoms with Gasteiger partial charge in [-0.3, -0.25) is 4.79 Å². The molecule has 0 spiro atoms. The summed E-state index contributed by atoms with van der Waals surface area (Å²) in [7, 11) is 1.60. The van der Waals surface area contributed by atoms with E-state index in [1.54, 1.807) is 31.4 Å². The summed E-state index contributed by atoms with van der Waals surface area (Å²) in [5, 5.41) is 0. The lowest BCUT2D eigenvalue weighted by Gasteiger charge is -2.32. The SMILES string of the molecule is COc1ccc(C(=O)N2CCCC(c3ccnc(=O)[nH]3)C2)cc1. The summed E-state index contributed by atoms with van der Waals surface area (Å²) >= 11 is 0. The Morgan fingerprint density at radius 3 is 2.78 bits per heavy atom. The number of amides is 1. The van der Waals surface area contributed by atoms with Crippen molar-refractivity contribution in [1.82, 2.24) is 14.9 Å². The number of ether oxygens (including phenoxy) is 1. The molecule has 1 aliphatic heterocycles. The molecule has 0 saturated carbocycles. The van der Waals surface area contributed by atoms with Crippen LogP contribution in [0.1, 0.15) is 34.8 Å². The fourth-order valence-electron chi connectivity index (χ4n) is 2.95. The van der Waals surface area contributed by atoms with Crippen molar-refractivity contribution in [2.75, 3.05) is 20.2 Å². The normalized spacial score (nSPS) is 17.8. The molecule has 1 aromatic heterocycles. The maximum atomic E-state index is 12.6. The Balaban J connectivity index is 1.74. The number of likely N-dealkylation sites (tertiary alicyclic amines) is 1. The van der Waals surface area contributed by atoms with E-state index in [0.717, 1.165) is 30.8 Å². The van der Waals surface area contributed by atoms with Crippen LogP contribution in [0, 0.1) is 0 Å². The minimum absolute atomic E-state index is 0.00811. The van der Waals surface area contributed by atoms with Crippen molar-refractivity contribution in [2.24, 2.45) is 0 Å². The van der Waals surface area contributed by atoms with Gasteiger partial charge in [0.25, 0.3) is 5.91 Å². The van der Waals surface area contributed by atoms with Crippen molar-refractivity contribution in [2.45, 2.75) is 18.8 Å². The van der Waals surface area contributed by atoms with Crippen LogP contribution >= 0.6 is 0 Å². The van der Waals surface area contributed by atoms with E-state index in [0.29, 0.717) is 12.1 Å². The van der Waals surface area contributed by atoms with Crippen LogP contribution in [0.25, 0.3) is 0 Å². The van der Waals surface area contributed by atoms with Crippen molar-refractivity contribution < 1.29 is 9.53 Å². The Morgan fingerprint density at radius 1 is 1.30 bits per heavy atom. The highest BCUT2D eigenvalue weighted by molar-refractivity contribution is 5.94. The number of methoxy groups -OCH3 is 1. The second-order valence-corrected chi connectivity index (χ2v) is 5.65. The van der Waals surface area contributed by atoms with Gasteiger partial charge in [0.05, 0.1) is 7.11 Å². The smallest absolute Gasteiger partial charge is 0.345 e. The van der Waals surface area contributed by atoms with Crippen LogP contribution in [0.15, 0.2) is 41.3 Å². The highest BCUT2D eigenvalue weighted by atomic mass is 16.5. The summed E-state index contributed by atoms with van der Waals surface area (Å²) in [5.74, 6) is 0.878. The van der Waals surface area contributed by atoms with Gasteiger partial charge in [-0.05, 0) is 43.2 Å². The molecule has 0 radical (unpaired) electrons. The number of aromatic nitrogens is 2. The highest BCUT2D eigenvalue weighted by Gasteiger charge is 2.26. The Hall–Kier alpha value is -2.63. The average molecular weight is 313 g/mol. The summed E-state index contributed by atoms with van der Waals surface area (Å²) in [4.78, 5) is 32.3. The topological polar surface area (TPSA) is 75.3 Å². The third-order valence-corrected chi connectivity index (χ3v) is 4.18. The number of benzene rings is 1. The largest absolute Gasteiger partial charge is 0.497 e. The second-order valence-electron chi connectivity index (χ2n) is 5.65. The first-order chi connectivity index (χ1) is 11.2. The third kappa shape index (κ3) is 3.41. The molecule has 120 valence electrons. The molecular weight excluding hydrogens is 294 g/mol. The van der Waals surface area contributed by atoms with E-state index in [1.165, 1.54) is 6.20 Å². The van der Waals surface area contributed by atoms with Crippen LogP contribution in [0.2, 0.25) is 0 Å². The monoisotopic (exact) mass is 313 g/mol. The second kappa shape index (κ2) is 6.64. The van der Waals surface area contributed by atoms with Gasteiger partial charge in [0.1, 0.15) is 5.75 Å². The minimum atomic E-state index is -0.346. The first-order valence-electron chi connectivity index (χ1n) is 7.66. The Bertz CT molecular complexity index is 739. The van der Waals surface area contributed by atoms with E-state index in [9.17, 15) is 9.59 Å². The first kappa shape index (κ1) is 15.3. The van der Waals surface area contributed by atoms with Crippen LogP contribution in [-0.2, 0) is 0 Å². The van der Waals surface area contributed by atoms with E-state index in [4.69, 9.17) is 4.74 Å². The molecule has 1 saturated heterocycles. The molecule has 0 aliphatic carbocycles. The molecule has 1 N–H and O–H groups in total. The first-order valence-corrected chi connectivity index (χ1v) is 7.66. The van der Waals surface area contributed by atoms with Gasteiger partial charge in [-0.25, -0.2) is 9.78 Å². The number of aromatic amines is 1. The van der Waals surface area contributed by atoms with Gasteiger partial charge >= 0.3 is 5.69 Å². The molecule has 1 aliphatic rings. The van der Waals surface area contributed by atoms with Crippen molar-refractivity contribution in [3.05, 3.63) is 58.3 Å². The fraction of sp³-hybridized carbons (Fsp3) is 0.353. The molecule has 1 amide bonds. The van der Waals surface area contributed by atoms with Crippen molar-refractivity contribution in [3.63, 3.8) is 0 Å². The molecule has 1 unspecified atom stereocenters. The molecule has 6 heteroatoms. The lowest BCUT2D eigenvalue weighted by Crippen LogP contribution is -2.39. The van der Waals surface area contributed by atoms with E-state index in [2.05, 4.69) is 9.97 Å². The number of rotatable bonds is 3. The third-order valence-electron chi connectivity index (χ3n) is 4.18. The van der Waals surface area contributed by atoms with Crippen LogP contribution in [-0.4, -0.2) is 41.0 Å². The molecule has 1 atom stereocenters. The van der Waals surface area contributed by atoms with Gasteiger partial charge < -0.3 is 14.6 Å². The quantitative estimate of drug-likeness (QED) is 0.937. The maximum absolute atomic E-state index is 12.6. The number of piperidine rings is 1. The molecule has 23 heavy (non-hydrogen) atoms. The fourth-order valence-corrected chi connectivity index (χ4v) is 2.95. The number of hydrogen-bond acceptors (Lipinski definition) is 4. The summed E-state index contributed by atoms with van der Waals surface area (Å²) in [6.45, 7) is 1.33. The molecule has 6 nitrogen and oxygen atoms in total. The molecule has 0 bridgehead atoms. The molecule has 3 rings (SSSR count). The van der Waals surface area contributed by atoms with Gasteiger partial charge in [0, 0.05) is 36.5 Å². The maximum Gasteiger partial charge on any atom is 0.345 e. The summed E-state index contributed by atoms with van der Waals surface area (Å²) in [6, 6.07) is 8.94. The Morgan fingerprint density at radius 2 is 2.09 bits per heavy atom. The molecule has 2 aromatic rings. The average Bonchev–Trinajstić information content (AvgIpc) is 2.61. The van der Waals surface area contributed by atoms with Crippen molar-refractivity contribution >= 4 is 5.91 Å². The molecular formula is C17H19N3O3. The van der Waals surface area contributed by atoms with Crippen LogP contribution < -0.4 is 10.4 Å². The minimum Gasteiger partial charge on any atom is -0.497 e. The molecule has 1 fully saturated rings. The number of nitrogens with zero attached hydrogens (tertiary/aromatic N) is 2. The number of carbonyl (C=O) groups excluding carboxylic acids is 1. The van der Waals surface area contributed by atoms with E-state index < -0.39 is 0 Å². The number of hydrogen-bond donors (Lipinski definition) is 1. The Labute approximate surface area is 134 Å². The zero-order chi connectivity index (χ0) is 16.2. The number of carbonyl (C=O) groups is 1. The summed E-state index contributed by atoms with van der Waals surface area (Å²) < 4.78 is 5.12. The van der Waals surface area contributed by atoms with E-state index >= 15 is 0 Å². The number of H-pyrrole nitrogens is 1.